The lowest BCUT2D eigenvalue weighted by Gasteiger charge is -2.30. The van der Waals surface area contributed by atoms with Gasteiger partial charge in [0.25, 0.3) is 0 Å². The number of carbonyl (C=O) groups is 2. The molecule has 1 heterocycles. The maximum absolute atomic E-state index is 12.6. The van der Waals surface area contributed by atoms with Gasteiger partial charge in [0.15, 0.2) is 0 Å². The van der Waals surface area contributed by atoms with E-state index in [2.05, 4.69) is 5.32 Å². The van der Waals surface area contributed by atoms with Gasteiger partial charge >= 0.3 is 0 Å². The zero-order valence-electron chi connectivity index (χ0n) is 14.8. The highest BCUT2D eigenvalue weighted by Gasteiger charge is 2.28. The number of carbonyl (C=O) groups excluding carboxylic acids is 2. The van der Waals surface area contributed by atoms with E-state index in [-0.39, 0.29) is 23.8 Å². The summed E-state index contributed by atoms with van der Waals surface area (Å²) < 4.78 is 5.53. The first kappa shape index (κ1) is 18.5. The number of rotatable bonds is 7. The number of nitrogens with zero attached hydrogens (tertiary/aromatic N) is 1. The Morgan fingerprint density at radius 1 is 1.25 bits per heavy atom. The monoisotopic (exact) mass is 332 g/mol. The first-order valence-electron chi connectivity index (χ1n) is 8.72. The topological polar surface area (TPSA) is 58.6 Å². The molecule has 1 fully saturated rings. The fourth-order valence-corrected chi connectivity index (χ4v) is 2.83. The lowest BCUT2D eigenvalue weighted by Crippen LogP contribution is -2.50. The predicted molar refractivity (Wildman–Crippen MR) is 93.3 cm³/mol. The average Bonchev–Trinajstić information content (AvgIpc) is 3.10. The van der Waals surface area contributed by atoms with Crippen molar-refractivity contribution in [3.63, 3.8) is 0 Å². The first-order chi connectivity index (χ1) is 11.5. The van der Waals surface area contributed by atoms with Gasteiger partial charge in [-0.2, -0.15) is 0 Å². The smallest absolute Gasteiger partial charge is 0.242 e. The molecule has 1 N–H and O–H groups in total. The van der Waals surface area contributed by atoms with Crippen LogP contribution >= 0.6 is 0 Å². The van der Waals surface area contributed by atoms with Crippen LogP contribution in [0.1, 0.15) is 39.2 Å². The van der Waals surface area contributed by atoms with Gasteiger partial charge in [-0.05, 0) is 25.3 Å². The average molecular weight is 332 g/mol. The zero-order chi connectivity index (χ0) is 17.5. The molecule has 0 unspecified atom stereocenters. The van der Waals surface area contributed by atoms with E-state index in [1.807, 2.05) is 44.2 Å². The van der Waals surface area contributed by atoms with Gasteiger partial charge in [-0.3, -0.25) is 9.59 Å². The molecule has 132 valence electrons. The van der Waals surface area contributed by atoms with Crippen LogP contribution in [0.2, 0.25) is 0 Å². The predicted octanol–water partition coefficient (Wildman–Crippen LogP) is 2.35. The number of ether oxygens (including phenoxy) is 1. The van der Waals surface area contributed by atoms with Crippen molar-refractivity contribution in [3.05, 3.63) is 35.9 Å². The maximum Gasteiger partial charge on any atom is 0.242 e. The van der Waals surface area contributed by atoms with Gasteiger partial charge in [-0.25, -0.2) is 0 Å². The van der Waals surface area contributed by atoms with Gasteiger partial charge in [0, 0.05) is 25.6 Å². The third kappa shape index (κ3) is 5.06. The fraction of sp³-hybridized carbons (Fsp3) is 0.579. The number of nitrogens with one attached hydrogen (secondary N) is 1. The van der Waals surface area contributed by atoms with Crippen molar-refractivity contribution < 1.29 is 14.3 Å². The summed E-state index contributed by atoms with van der Waals surface area (Å²) in [6, 6.07) is 9.25. The van der Waals surface area contributed by atoms with Gasteiger partial charge in [-0.1, -0.05) is 44.2 Å². The van der Waals surface area contributed by atoms with Gasteiger partial charge in [0.1, 0.15) is 6.04 Å². The molecule has 0 bridgehead atoms. The highest BCUT2D eigenvalue weighted by atomic mass is 16.5. The van der Waals surface area contributed by atoms with E-state index in [0.717, 1.165) is 25.0 Å². The Labute approximate surface area is 144 Å². The molecule has 2 rings (SSSR count). The lowest BCUT2D eigenvalue weighted by molar-refractivity contribution is -0.143. The number of amides is 2. The number of hydrogen-bond donors (Lipinski definition) is 1. The molecule has 1 aliphatic rings. The van der Waals surface area contributed by atoms with Crippen molar-refractivity contribution in [2.45, 2.75) is 52.3 Å². The molecule has 0 saturated carbocycles. The van der Waals surface area contributed by atoms with E-state index >= 15 is 0 Å². The summed E-state index contributed by atoms with van der Waals surface area (Å²) in [5.74, 6) is -0.295. The van der Waals surface area contributed by atoms with Crippen molar-refractivity contribution in [1.29, 1.82) is 0 Å². The number of hydrogen-bond acceptors (Lipinski definition) is 3. The Morgan fingerprint density at radius 3 is 2.54 bits per heavy atom. The van der Waals surface area contributed by atoms with E-state index < -0.39 is 6.04 Å². The van der Waals surface area contributed by atoms with Crippen LogP contribution in [0.3, 0.4) is 0 Å². The van der Waals surface area contributed by atoms with Crippen molar-refractivity contribution in [1.82, 2.24) is 10.2 Å². The molecule has 1 aliphatic heterocycles. The molecule has 24 heavy (non-hydrogen) atoms. The van der Waals surface area contributed by atoms with Crippen molar-refractivity contribution in [2.75, 3.05) is 13.2 Å². The molecule has 2 atom stereocenters. The standard InChI is InChI=1S/C19H28N2O3/c1-14(2)19(23)21(13-16-8-5-4-6-9-16)15(3)18(22)20-12-17-10-7-11-24-17/h4-6,8-9,14-15,17H,7,10-13H2,1-3H3,(H,20,22)/t15-,17+/m1/s1. The minimum Gasteiger partial charge on any atom is -0.376 e. The van der Waals surface area contributed by atoms with E-state index in [1.54, 1.807) is 11.8 Å². The molecule has 1 saturated heterocycles. The summed E-state index contributed by atoms with van der Waals surface area (Å²) in [7, 11) is 0. The zero-order valence-corrected chi connectivity index (χ0v) is 14.8. The quantitative estimate of drug-likeness (QED) is 0.834. The SMILES string of the molecule is CC(C)C(=O)N(Cc1ccccc1)[C@H](C)C(=O)NC[C@@H]1CCCO1. The molecule has 5 heteroatoms. The molecule has 0 radical (unpaired) electrons. The van der Waals surface area contributed by atoms with Crippen LogP contribution < -0.4 is 5.32 Å². The lowest BCUT2D eigenvalue weighted by atomic mass is 10.1. The molecular weight excluding hydrogens is 304 g/mol. The largest absolute Gasteiger partial charge is 0.376 e. The van der Waals surface area contributed by atoms with Crippen LogP contribution in [0.15, 0.2) is 30.3 Å². The second-order valence-corrected chi connectivity index (χ2v) is 6.66. The third-order valence-corrected chi connectivity index (χ3v) is 4.35. The van der Waals surface area contributed by atoms with Crippen LogP contribution in [-0.4, -0.2) is 42.0 Å². The Morgan fingerprint density at radius 2 is 1.96 bits per heavy atom. The van der Waals surface area contributed by atoms with Gasteiger partial charge < -0.3 is 15.0 Å². The molecule has 1 aromatic carbocycles. The van der Waals surface area contributed by atoms with Gasteiger partial charge in [0.05, 0.1) is 6.10 Å². The highest BCUT2D eigenvalue weighted by Crippen LogP contribution is 2.14. The molecule has 0 aliphatic carbocycles. The van der Waals surface area contributed by atoms with Crippen molar-refractivity contribution in [2.24, 2.45) is 5.92 Å². The molecule has 0 spiro atoms. The van der Waals surface area contributed by atoms with Crippen LogP contribution in [0.25, 0.3) is 0 Å². The van der Waals surface area contributed by atoms with Crippen LogP contribution in [0.4, 0.5) is 0 Å². The second-order valence-electron chi connectivity index (χ2n) is 6.66. The van der Waals surface area contributed by atoms with Crippen LogP contribution in [0.5, 0.6) is 0 Å². The van der Waals surface area contributed by atoms with Gasteiger partial charge in [-0.15, -0.1) is 0 Å². The Balaban J connectivity index is 2.01. The number of benzene rings is 1. The molecule has 5 nitrogen and oxygen atoms in total. The van der Waals surface area contributed by atoms with Crippen LogP contribution in [0, 0.1) is 5.92 Å². The van der Waals surface area contributed by atoms with Crippen molar-refractivity contribution in [3.8, 4) is 0 Å². The van der Waals surface area contributed by atoms with Crippen LogP contribution in [-0.2, 0) is 20.9 Å². The minimum absolute atomic E-state index is 0.0152. The maximum atomic E-state index is 12.6. The fourth-order valence-electron chi connectivity index (χ4n) is 2.83. The normalized spacial score (nSPS) is 18.4. The Kier molecular flexibility index (Phi) is 6.79. The Hall–Kier alpha value is -1.88. The van der Waals surface area contributed by atoms with Crippen molar-refractivity contribution >= 4 is 11.8 Å². The summed E-state index contributed by atoms with van der Waals surface area (Å²) in [5.41, 5.74) is 1.02. The summed E-state index contributed by atoms with van der Waals surface area (Å²) >= 11 is 0. The van der Waals surface area contributed by atoms with E-state index in [0.29, 0.717) is 13.1 Å². The third-order valence-electron chi connectivity index (χ3n) is 4.35. The summed E-state index contributed by atoms with van der Waals surface area (Å²) in [6.45, 7) is 7.22. The Bertz CT molecular complexity index is 539. The molecular formula is C19H28N2O3. The molecule has 1 aromatic rings. The summed E-state index contributed by atoms with van der Waals surface area (Å²) in [5, 5.41) is 2.93. The minimum atomic E-state index is -0.512. The summed E-state index contributed by atoms with van der Waals surface area (Å²) in [6.07, 6.45) is 2.12. The first-order valence-corrected chi connectivity index (χ1v) is 8.72. The second kappa shape index (κ2) is 8.83. The van der Waals surface area contributed by atoms with E-state index in [9.17, 15) is 9.59 Å². The highest BCUT2D eigenvalue weighted by molar-refractivity contribution is 5.88. The van der Waals surface area contributed by atoms with Gasteiger partial charge in [0.2, 0.25) is 11.8 Å². The molecule has 0 aromatic heterocycles. The summed E-state index contributed by atoms with van der Waals surface area (Å²) in [4.78, 5) is 26.7. The van der Waals surface area contributed by atoms with E-state index in [1.165, 1.54) is 0 Å². The van der Waals surface area contributed by atoms with E-state index in [4.69, 9.17) is 4.74 Å². The molecule has 2 amide bonds.